The van der Waals surface area contributed by atoms with Gasteiger partial charge in [0.2, 0.25) is 0 Å². The van der Waals surface area contributed by atoms with Crippen LogP contribution in [0, 0.1) is 12.7 Å². The minimum Gasteiger partial charge on any atom is -0.487 e. The zero-order valence-corrected chi connectivity index (χ0v) is 30.2. The average Bonchev–Trinajstić information content (AvgIpc) is 3.48. The highest BCUT2D eigenvalue weighted by atomic mass is 79.9. The van der Waals surface area contributed by atoms with E-state index in [9.17, 15) is 9.90 Å². The van der Waals surface area contributed by atoms with Gasteiger partial charge in [0, 0.05) is 42.6 Å². The number of halogens is 2. The lowest BCUT2D eigenvalue weighted by atomic mass is 9.92. The molecule has 2 atom stereocenters. The number of carboxylic acid groups (broad SMARTS) is 1. The van der Waals surface area contributed by atoms with Crippen LogP contribution in [0.3, 0.4) is 0 Å². The number of hydrogen-bond acceptors (Lipinski definition) is 6. The maximum atomic E-state index is 15.3. The summed E-state index contributed by atoms with van der Waals surface area (Å²) in [4.78, 5) is 20.3. The Hall–Kier alpha value is -3.47. The van der Waals surface area contributed by atoms with E-state index < -0.39 is 23.5 Å². The van der Waals surface area contributed by atoms with Crippen LogP contribution in [0.2, 0.25) is 0 Å². The zero-order valence-electron chi connectivity index (χ0n) is 28.6. The number of ether oxygens (including phenoxy) is 3. The van der Waals surface area contributed by atoms with Crippen LogP contribution in [-0.2, 0) is 14.3 Å². The fraction of sp³-hybridized carbons (Fsp3) is 0.474. The second kappa shape index (κ2) is 13.4. The third-order valence-corrected chi connectivity index (χ3v) is 10.3. The van der Waals surface area contributed by atoms with Crippen LogP contribution >= 0.6 is 15.9 Å². The van der Waals surface area contributed by atoms with E-state index in [-0.39, 0.29) is 17.5 Å². The number of para-hydroxylation sites is 1. The average molecular weight is 723 g/mol. The number of anilines is 1. The van der Waals surface area contributed by atoms with Gasteiger partial charge in [-0.2, -0.15) is 0 Å². The van der Waals surface area contributed by atoms with Crippen molar-refractivity contribution in [3.05, 3.63) is 70.1 Å². The standard InChI is InChI=1S/C38H45BrFN3O5/c1-23-11-7-8-20-46-38(6)16-18-42(19-17-38)35-30(33(36(44)45)48-37(3,4)5)24(2)31(39)34-41-29(22-43(34)35)26-13-9-12-25(21-26)27-14-10-15-28(40)32(27)47-23/h9-10,12-15,21-23,33H,7-8,11,16-20H2,1-6H3,(H,44,45)/t23-,33-/m0/s1. The third kappa shape index (κ3) is 6.98. The van der Waals surface area contributed by atoms with Gasteiger partial charge >= 0.3 is 5.97 Å². The van der Waals surface area contributed by atoms with Gasteiger partial charge in [-0.05, 0) is 113 Å². The van der Waals surface area contributed by atoms with Crippen molar-refractivity contribution in [2.24, 2.45) is 0 Å². The predicted octanol–water partition coefficient (Wildman–Crippen LogP) is 9.15. The Kier molecular flexibility index (Phi) is 9.63. The van der Waals surface area contributed by atoms with Crippen LogP contribution in [0.25, 0.3) is 28.0 Å². The van der Waals surface area contributed by atoms with E-state index >= 15 is 4.39 Å². The number of fused-ring (bicyclic) bond motifs is 8. The van der Waals surface area contributed by atoms with Crippen molar-refractivity contribution in [3.63, 3.8) is 0 Å². The Labute approximate surface area is 290 Å². The molecule has 3 aliphatic rings. The molecule has 6 bridgehead atoms. The summed E-state index contributed by atoms with van der Waals surface area (Å²) in [5, 5.41) is 10.6. The van der Waals surface area contributed by atoms with E-state index in [1.807, 2.05) is 75.5 Å². The number of rotatable bonds is 3. The molecule has 3 aliphatic heterocycles. The number of imidazole rings is 1. The molecular formula is C38H45BrFN3O5. The van der Waals surface area contributed by atoms with Crippen molar-refractivity contribution in [2.75, 3.05) is 24.6 Å². The van der Waals surface area contributed by atoms with Crippen LogP contribution in [0.4, 0.5) is 10.2 Å². The lowest BCUT2D eigenvalue weighted by Crippen LogP contribution is -2.45. The van der Waals surface area contributed by atoms with E-state index in [2.05, 4.69) is 27.8 Å². The molecule has 1 saturated heterocycles. The number of hydrogen-bond donors (Lipinski definition) is 1. The summed E-state index contributed by atoms with van der Waals surface area (Å²) in [7, 11) is 0. The first kappa shape index (κ1) is 34.4. The summed E-state index contributed by atoms with van der Waals surface area (Å²) in [6.45, 7) is 13.7. The lowest BCUT2D eigenvalue weighted by Gasteiger charge is -2.42. The van der Waals surface area contributed by atoms with E-state index in [0.717, 1.165) is 54.6 Å². The molecule has 0 radical (unpaired) electrons. The van der Waals surface area contributed by atoms with E-state index in [4.69, 9.17) is 19.2 Å². The van der Waals surface area contributed by atoms with Crippen molar-refractivity contribution in [3.8, 4) is 28.1 Å². The third-order valence-electron chi connectivity index (χ3n) is 9.39. The Morgan fingerprint density at radius 1 is 1.15 bits per heavy atom. The second-order valence-corrected chi connectivity index (χ2v) is 15.1. The second-order valence-electron chi connectivity index (χ2n) is 14.4. The molecule has 0 saturated carbocycles. The number of carbonyl (C=O) groups is 1. The number of pyridine rings is 1. The molecule has 48 heavy (non-hydrogen) atoms. The largest absolute Gasteiger partial charge is 0.487 e. The first-order valence-electron chi connectivity index (χ1n) is 16.8. The van der Waals surface area contributed by atoms with Crippen LogP contribution in [-0.4, -0.2) is 57.5 Å². The molecule has 7 rings (SSSR count). The molecule has 1 fully saturated rings. The molecule has 1 N–H and O–H groups in total. The summed E-state index contributed by atoms with van der Waals surface area (Å²) in [6, 6.07) is 12.9. The van der Waals surface area contributed by atoms with Gasteiger partial charge in [-0.1, -0.05) is 30.3 Å². The van der Waals surface area contributed by atoms with E-state index in [1.165, 1.54) is 6.07 Å². The van der Waals surface area contributed by atoms with Crippen molar-refractivity contribution >= 4 is 33.4 Å². The van der Waals surface area contributed by atoms with Gasteiger partial charge in [0.05, 0.1) is 27.5 Å². The highest BCUT2D eigenvalue weighted by Gasteiger charge is 2.38. The van der Waals surface area contributed by atoms with Crippen molar-refractivity contribution in [1.82, 2.24) is 9.38 Å². The zero-order chi connectivity index (χ0) is 34.4. The fourth-order valence-electron chi connectivity index (χ4n) is 6.79. The maximum absolute atomic E-state index is 15.3. The Bertz CT molecular complexity index is 1830. The molecule has 0 amide bonds. The SMILES string of the molecule is Cc1c([C@H](OC(C)(C)C)C(=O)O)c2n3cc(nc3c1Br)-c1cccc(c1)-c1cccc(F)c1O[C@@H](C)CCCCOC1(C)CCN2CC1. The van der Waals surface area contributed by atoms with Crippen LogP contribution in [0.15, 0.2) is 53.1 Å². The van der Waals surface area contributed by atoms with Gasteiger partial charge in [-0.25, -0.2) is 14.2 Å². The molecule has 2 aromatic heterocycles. The molecule has 2 aromatic carbocycles. The minimum absolute atomic E-state index is 0.170. The highest BCUT2D eigenvalue weighted by Crippen LogP contribution is 2.43. The normalized spacial score (nSPS) is 21.2. The van der Waals surface area contributed by atoms with Gasteiger partial charge in [-0.15, -0.1) is 0 Å². The topological polar surface area (TPSA) is 85.5 Å². The summed E-state index contributed by atoms with van der Waals surface area (Å²) in [6.07, 6.45) is 4.68. The smallest absolute Gasteiger partial charge is 0.337 e. The Morgan fingerprint density at radius 2 is 1.85 bits per heavy atom. The molecular weight excluding hydrogens is 677 g/mol. The first-order chi connectivity index (χ1) is 22.7. The molecule has 0 aliphatic carbocycles. The summed E-state index contributed by atoms with van der Waals surface area (Å²) in [5.41, 5.74) is 4.04. The summed E-state index contributed by atoms with van der Waals surface area (Å²) in [5.74, 6) is -0.460. The quantitative estimate of drug-likeness (QED) is 0.226. The maximum Gasteiger partial charge on any atom is 0.337 e. The molecule has 0 spiro atoms. The minimum atomic E-state index is -1.21. The number of benzene rings is 2. The molecule has 0 unspecified atom stereocenters. The van der Waals surface area contributed by atoms with E-state index in [0.29, 0.717) is 46.6 Å². The molecule has 8 nitrogen and oxygen atoms in total. The predicted molar refractivity (Wildman–Crippen MR) is 189 cm³/mol. The number of carboxylic acids is 1. The van der Waals surface area contributed by atoms with Gasteiger partial charge < -0.3 is 24.2 Å². The number of aromatic nitrogens is 2. The van der Waals surface area contributed by atoms with Crippen LogP contribution in [0.5, 0.6) is 5.75 Å². The van der Waals surface area contributed by atoms with Crippen molar-refractivity contribution in [1.29, 1.82) is 0 Å². The van der Waals surface area contributed by atoms with Crippen molar-refractivity contribution in [2.45, 2.75) is 97.1 Å². The lowest BCUT2D eigenvalue weighted by molar-refractivity contribution is -0.160. The van der Waals surface area contributed by atoms with Gasteiger partial charge in [0.25, 0.3) is 0 Å². The van der Waals surface area contributed by atoms with Crippen LogP contribution in [0.1, 0.15) is 84.0 Å². The Morgan fingerprint density at radius 3 is 2.56 bits per heavy atom. The fourth-order valence-corrected chi connectivity index (χ4v) is 7.29. The summed E-state index contributed by atoms with van der Waals surface area (Å²) < 4.78 is 37.0. The summed E-state index contributed by atoms with van der Waals surface area (Å²) >= 11 is 3.79. The van der Waals surface area contributed by atoms with Crippen molar-refractivity contribution < 1.29 is 28.5 Å². The van der Waals surface area contributed by atoms with Crippen LogP contribution < -0.4 is 9.64 Å². The first-order valence-corrected chi connectivity index (χ1v) is 17.6. The van der Waals surface area contributed by atoms with Gasteiger partial charge in [-0.3, -0.25) is 4.40 Å². The van der Waals surface area contributed by atoms with E-state index in [1.54, 1.807) is 6.07 Å². The van der Waals surface area contributed by atoms with Gasteiger partial charge in [0.1, 0.15) is 5.82 Å². The number of piperidine rings is 1. The molecule has 256 valence electrons. The number of aliphatic carboxylic acids is 1. The van der Waals surface area contributed by atoms with Gasteiger partial charge in [0.15, 0.2) is 23.3 Å². The number of nitrogens with zero attached hydrogens (tertiary/aromatic N) is 3. The Balaban J connectivity index is 1.57. The molecule has 5 heterocycles. The highest BCUT2D eigenvalue weighted by molar-refractivity contribution is 9.10. The molecule has 10 heteroatoms. The monoisotopic (exact) mass is 721 g/mol. The molecule has 4 aromatic rings.